The molecule has 0 atom stereocenters. The van der Waals surface area contributed by atoms with Crippen molar-refractivity contribution in [3.8, 4) is 0 Å². The van der Waals surface area contributed by atoms with Crippen molar-refractivity contribution in [1.82, 2.24) is 19.6 Å². The van der Waals surface area contributed by atoms with E-state index in [0.717, 1.165) is 21.5 Å². The topological polar surface area (TPSA) is 64.7 Å². The van der Waals surface area contributed by atoms with E-state index in [0.29, 0.717) is 27.3 Å². The first kappa shape index (κ1) is 19.9. The molecule has 4 aromatic rings. The molecule has 0 aliphatic rings. The van der Waals surface area contributed by atoms with Gasteiger partial charge < -0.3 is 5.32 Å². The summed E-state index contributed by atoms with van der Waals surface area (Å²) in [5.74, 6) is 0.499. The monoisotopic (exact) mass is 447 g/mol. The van der Waals surface area contributed by atoms with Gasteiger partial charge in [-0.15, -0.1) is 11.3 Å². The number of carbonyl (C=O) groups excluding carboxylic acids is 1. The number of halogens is 2. The fourth-order valence-corrected chi connectivity index (χ4v) is 4.74. The second-order valence-corrected chi connectivity index (χ2v) is 8.83. The van der Waals surface area contributed by atoms with Crippen LogP contribution in [0, 0.1) is 6.92 Å². The summed E-state index contributed by atoms with van der Waals surface area (Å²) in [5.41, 5.74) is 1.66. The Kier molecular flexibility index (Phi) is 5.38. The van der Waals surface area contributed by atoms with Crippen LogP contribution in [0.5, 0.6) is 0 Å². The van der Waals surface area contributed by atoms with Gasteiger partial charge >= 0.3 is 0 Å². The maximum Gasteiger partial charge on any atom is 0.266 e. The molecule has 0 aliphatic carbocycles. The Morgan fingerprint density at radius 2 is 1.97 bits per heavy atom. The maximum absolute atomic E-state index is 12.8. The van der Waals surface area contributed by atoms with Crippen LogP contribution in [-0.4, -0.2) is 25.5 Å². The minimum absolute atomic E-state index is 0.152. The van der Waals surface area contributed by atoms with Gasteiger partial charge in [0.2, 0.25) is 0 Å². The number of hydrogen-bond donors (Lipinski definition) is 1. The highest BCUT2D eigenvalue weighted by molar-refractivity contribution is 7.20. The lowest BCUT2D eigenvalue weighted by molar-refractivity contribution is 0.102. The summed E-state index contributed by atoms with van der Waals surface area (Å²) in [4.78, 5) is 14.3. The molecule has 0 radical (unpaired) electrons. The van der Waals surface area contributed by atoms with E-state index in [1.54, 1.807) is 16.9 Å². The number of amides is 1. The molecule has 4 rings (SSSR count). The number of anilines is 1. The Labute approximate surface area is 182 Å². The van der Waals surface area contributed by atoms with Gasteiger partial charge in [-0.05, 0) is 39.0 Å². The van der Waals surface area contributed by atoms with Crippen molar-refractivity contribution in [2.75, 3.05) is 5.32 Å². The van der Waals surface area contributed by atoms with Gasteiger partial charge in [0.25, 0.3) is 5.91 Å². The Bertz CT molecular complexity index is 1190. The third-order valence-electron chi connectivity index (χ3n) is 4.60. The summed E-state index contributed by atoms with van der Waals surface area (Å²) in [7, 11) is 0. The number of hydrogen-bond acceptors (Lipinski definition) is 4. The van der Waals surface area contributed by atoms with Crippen molar-refractivity contribution in [2.45, 2.75) is 33.4 Å². The summed E-state index contributed by atoms with van der Waals surface area (Å²) in [6, 6.07) is 9.24. The Morgan fingerprint density at radius 1 is 1.24 bits per heavy atom. The standard InChI is InChI=1S/C20H19Cl2N5OS/c1-11(2)27-18(7-8-23-27)24-19(28)17-9-13-12(3)25-26(20(13)29-17)10-14-15(21)5-4-6-16(14)22/h4-9,11H,10H2,1-3H3,(H,24,28). The molecule has 9 heteroatoms. The van der Waals surface area contributed by atoms with Gasteiger partial charge in [-0.1, -0.05) is 29.3 Å². The van der Waals surface area contributed by atoms with Gasteiger partial charge in [0, 0.05) is 33.1 Å². The summed E-state index contributed by atoms with van der Waals surface area (Å²) < 4.78 is 3.62. The lowest BCUT2D eigenvalue weighted by Gasteiger charge is -2.11. The number of rotatable bonds is 5. The maximum atomic E-state index is 12.8. The molecular formula is C20H19Cl2N5OS. The first-order valence-corrected chi connectivity index (χ1v) is 10.7. The highest BCUT2D eigenvalue weighted by Crippen LogP contribution is 2.32. The third-order valence-corrected chi connectivity index (χ3v) is 6.46. The molecule has 0 bridgehead atoms. The molecule has 1 aromatic carbocycles. The molecule has 3 heterocycles. The van der Waals surface area contributed by atoms with Crippen LogP contribution >= 0.6 is 34.5 Å². The highest BCUT2D eigenvalue weighted by atomic mass is 35.5. The van der Waals surface area contributed by atoms with Gasteiger partial charge in [0.05, 0.1) is 23.3 Å². The number of aryl methyl sites for hydroxylation is 1. The van der Waals surface area contributed by atoms with Crippen LogP contribution in [0.25, 0.3) is 10.2 Å². The Morgan fingerprint density at radius 3 is 2.66 bits per heavy atom. The number of benzene rings is 1. The lowest BCUT2D eigenvalue weighted by Crippen LogP contribution is -2.15. The van der Waals surface area contributed by atoms with Crippen molar-refractivity contribution in [3.63, 3.8) is 0 Å². The van der Waals surface area contributed by atoms with Crippen molar-refractivity contribution >= 4 is 56.5 Å². The largest absolute Gasteiger partial charge is 0.306 e. The first-order valence-electron chi connectivity index (χ1n) is 9.10. The summed E-state index contributed by atoms with van der Waals surface area (Å²) in [6.07, 6.45) is 1.68. The van der Waals surface area contributed by atoms with Crippen LogP contribution in [0.4, 0.5) is 5.82 Å². The van der Waals surface area contributed by atoms with Crippen molar-refractivity contribution in [1.29, 1.82) is 0 Å². The van der Waals surface area contributed by atoms with Crippen LogP contribution in [0.1, 0.15) is 40.8 Å². The summed E-state index contributed by atoms with van der Waals surface area (Å²) in [6.45, 7) is 6.39. The van der Waals surface area contributed by atoms with Crippen LogP contribution in [0.15, 0.2) is 36.5 Å². The van der Waals surface area contributed by atoms with E-state index in [1.807, 2.05) is 49.7 Å². The van der Waals surface area contributed by atoms with E-state index < -0.39 is 0 Å². The molecule has 3 aromatic heterocycles. The minimum atomic E-state index is -0.171. The fraction of sp³-hybridized carbons (Fsp3) is 0.250. The van der Waals surface area contributed by atoms with Gasteiger partial charge in [-0.25, -0.2) is 9.36 Å². The predicted octanol–water partition coefficient (Wildman–Crippen LogP) is 5.79. The van der Waals surface area contributed by atoms with Crippen LogP contribution in [-0.2, 0) is 6.54 Å². The smallest absolute Gasteiger partial charge is 0.266 e. The van der Waals surface area contributed by atoms with Crippen molar-refractivity contribution < 1.29 is 4.79 Å². The Balaban J connectivity index is 1.65. The molecule has 0 spiro atoms. The second kappa shape index (κ2) is 7.82. The first-order chi connectivity index (χ1) is 13.8. The lowest BCUT2D eigenvalue weighted by atomic mass is 10.2. The van der Waals surface area contributed by atoms with E-state index in [-0.39, 0.29) is 11.9 Å². The van der Waals surface area contributed by atoms with Crippen LogP contribution in [0.2, 0.25) is 10.0 Å². The highest BCUT2D eigenvalue weighted by Gasteiger charge is 2.19. The Hall–Kier alpha value is -2.35. The number of thiophene rings is 1. The number of carbonyl (C=O) groups is 1. The predicted molar refractivity (Wildman–Crippen MR) is 118 cm³/mol. The van der Waals surface area contributed by atoms with Crippen molar-refractivity contribution in [3.05, 3.63) is 62.7 Å². The fourth-order valence-electron chi connectivity index (χ4n) is 3.17. The number of nitrogens with zero attached hydrogens (tertiary/aromatic N) is 4. The van der Waals surface area contributed by atoms with Gasteiger partial charge in [-0.3, -0.25) is 4.79 Å². The number of fused-ring (bicyclic) bond motifs is 1. The number of nitrogens with one attached hydrogen (secondary N) is 1. The molecule has 0 aliphatic heterocycles. The molecule has 150 valence electrons. The quantitative estimate of drug-likeness (QED) is 0.420. The van der Waals surface area contributed by atoms with Crippen molar-refractivity contribution in [2.24, 2.45) is 0 Å². The third kappa shape index (κ3) is 3.77. The average molecular weight is 448 g/mol. The van der Waals surface area contributed by atoms with E-state index in [9.17, 15) is 4.79 Å². The molecule has 1 N–H and O–H groups in total. The number of aromatic nitrogens is 4. The zero-order valence-electron chi connectivity index (χ0n) is 16.1. The van der Waals surface area contributed by atoms with Crippen LogP contribution in [0.3, 0.4) is 0 Å². The molecule has 6 nitrogen and oxygen atoms in total. The minimum Gasteiger partial charge on any atom is -0.306 e. The van der Waals surface area contributed by atoms with E-state index in [4.69, 9.17) is 23.2 Å². The zero-order chi connectivity index (χ0) is 20.7. The second-order valence-electron chi connectivity index (χ2n) is 6.98. The molecular weight excluding hydrogens is 429 g/mol. The molecule has 0 fully saturated rings. The molecule has 0 unspecified atom stereocenters. The normalized spacial score (nSPS) is 11.5. The van der Waals surface area contributed by atoms with E-state index >= 15 is 0 Å². The van der Waals surface area contributed by atoms with E-state index in [2.05, 4.69) is 15.5 Å². The van der Waals surface area contributed by atoms with E-state index in [1.165, 1.54) is 11.3 Å². The molecule has 0 saturated carbocycles. The van der Waals surface area contributed by atoms with Gasteiger partial charge in [0.15, 0.2) is 0 Å². The SMILES string of the molecule is Cc1nn(Cc2c(Cl)cccc2Cl)c2sc(C(=O)Nc3ccnn3C(C)C)cc12. The molecule has 29 heavy (non-hydrogen) atoms. The average Bonchev–Trinajstić information content (AvgIpc) is 3.36. The van der Waals surface area contributed by atoms with Gasteiger partial charge in [-0.2, -0.15) is 10.2 Å². The molecule has 0 saturated heterocycles. The van der Waals surface area contributed by atoms with Gasteiger partial charge in [0.1, 0.15) is 10.6 Å². The van der Waals surface area contributed by atoms with Crippen LogP contribution < -0.4 is 5.32 Å². The zero-order valence-corrected chi connectivity index (χ0v) is 18.4. The summed E-state index contributed by atoms with van der Waals surface area (Å²) in [5, 5.41) is 13.9. The summed E-state index contributed by atoms with van der Waals surface area (Å²) >= 11 is 14.0. The molecule has 1 amide bonds.